The lowest BCUT2D eigenvalue weighted by molar-refractivity contribution is -0.313. The van der Waals surface area contributed by atoms with Crippen molar-refractivity contribution in [3.05, 3.63) is 11.6 Å². The van der Waals surface area contributed by atoms with Gasteiger partial charge in [0, 0.05) is 30.7 Å². The highest BCUT2D eigenvalue weighted by molar-refractivity contribution is 5.27. The van der Waals surface area contributed by atoms with Crippen LogP contribution < -0.4 is 0 Å². The van der Waals surface area contributed by atoms with Crippen LogP contribution in [0.2, 0.25) is 0 Å². The Morgan fingerprint density at radius 3 is 2.54 bits per heavy atom. The van der Waals surface area contributed by atoms with E-state index in [9.17, 15) is 25.5 Å². The fraction of sp³-hybridized carbons (Fsp3) is 0.939. The van der Waals surface area contributed by atoms with E-state index >= 15 is 0 Å². The number of aliphatic hydroxyl groups is 5. The highest BCUT2D eigenvalue weighted by Gasteiger charge is 2.68. The first-order chi connectivity index (χ1) is 19.6. The lowest BCUT2D eigenvalue weighted by Crippen LogP contribution is -2.60. The largest absolute Gasteiger partial charge is 0.396 e. The van der Waals surface area contributed by atoms with E-state index in [1.54, 1.807) is 0 Å². The third-order valence-corrected chi connectivity index (χ3v) is 13.9. The summed E-state index contributed by atoms with van der Waals surface area (Å²) in [7, 11) is 0. The first-order valence-corrected chi connectivity index (χ1v) is 16.6. The molecule has 8 nitrogen and oxygen atoms in total. The Bertz CT molecular complexity index is 1020. The van der Waals surface area contributed by atoms with Gasteiger partial charge in [-0.15, -0.1) is 0 Å². The highest BCUT2D eigenvalue weighted by atomic mass is 16.7. The summed E-state index contributed by atoms with van der Waals surface area (Å²) in [6, 6.07) is 1.34. The molecule has 41 heavy (non-hydrogen) atoms. The maximum Gasteiger partial charge on any atom is 0.186 e. The molecule has 16 atom stereocenters. The number of nitrogens with zero attached hydrogens (tertiary/aromatic N) is 1. The Balaban J connectivity index is 1.09. The van der Waals surface area contributed by atoms with E-state index in [2.05, 4.69) is 31.7 Å². The van der Waals surface area contributed by atoms with Gasteiger partial charge in [-0.2, -0.15) is 0 Å². The van der Waals surface area contributed by atoms with Gasteiger partial charge in [0.2, 0.25) is 0 Å². The summed E-state index contributed by atoms with van der Waals surface area (Å²) in [6.07, 6.45) is 6.13. The molecule has 8 heteroatoms. The second-order valence-electron chi connectivity index (χ2n) is 15.5. The predicted molar refractivity (Wildman–Crippen MR) is 152 cm³/mol. The van der Waals surface area contributed by atoms with Crippen LogP contribution in [0.15, 0.2) is 11.6 Å². The SMILES string of the molecule is C[C@H]1CC[C@@H]2[C@@H](C)[C@H]3[C@H](C[C@H]4[C@@H]5CC=C6C[C@@H](O[C@@H]7O[C@H](CO)[C@@H](O)[C@H](O)[C@H]7O)CC[C@]6(C)[C@H]5CC[C@]34CO)N2C1. The minimum atomic E-state index is -1.42. The Morgan fingerprint density at radius 2 is 1.78 bits per heavy atom. The van der Waals surface area contributed by atoms with Crippen molar-refractivity contribution in [2.24, 2.45) is 46.3 Å². The van der Waals surface area contributed by atoms with Crippen LogP contribution in [0.5, 0.6) is 0 Å². The van der Waals surface area contributed by atoms with Gasteiger partial charge >= 0.3 is 0 Å². The number of hydrogen-bond donors (Lipinski definition) is 5. The summed E-state index contributed by atoms with van der Waals surface area (Å²) in [5.41, 5.74) is 1.63. The molecule has 3 saturated heterocycles. The van der Waals surface area contributed by atoms with Crippen LogP contribution >= 0.6 is 0 Å². The number of piperidine rings is 1. The number of rotatable bonds is 4. The first kappa shape index (κ1) is 29.1. The van der Waals surface area contributed by atoms with Gasteiger partial charge in [0.15, 0.2) is 6.29 Å². The molecule has 0 amide bonds. The van der Waals surface area contributed by atoms with Crippen molar-refractivity contribution >= 4 is 0 Å². The molecule has 0 radical (unpaired) electrons. The lowest BCUT2D eigenvalue weighted by Gasteiger charge is -2.59. The van der Waals surface area contributed by atoms with Crippen molar-refractivity contribution in [1.82, 2.24) is 4.90 Å². The topological polar surface area (TPSA) is 123 Å². The summed E-state index contributed by atoms with van der Waals surface area (Å²) in [4.78, 5) is 2.89. The van der Waals surface area contributed by atoms with Crippen LogP contribution in [0.3, 0.4) is 0 Å². The summed E-state index contributed by atoms with van der Waals surface area (Å²) in [5, 5.41) is 51.6. The number of hydrogen-bond acceptors (Lipinski definition) is 8. The standard InChI is InChI=1S/C33H53NO7/c1-17-4-7-24-18(2)27-25(34(24)14-17)13-23-21-6-5-19-12-20(40-31-30(39)29(38)28(37)26(15-35)41-31)8-10-32(19,3)22(21)9-11-33(23,27)16-36/h5,17-18,20-31,35-39H,4,6-16H2,1-3H3/t17-,18+,20-,21+,22-,23-,24+,25-,26+,27-,28+,29-,30+,31+,32-,33+/m0/s1. The number of allylic oxidation sites excluding steroid dienone is 1. The second kappa shape index (κ2) is 10.5. The zero-order valence-electron chi connectivity index (χ0n) is 25.1. The van der Waals surface area contributed by atoms with Gasteiger partial charge < -0.3 is 35.0 Å². The van der Waals surface area contributed by atoms with Gasteiger partial charge in [0.05, 0.1) is 12.7 Å². The molecular weight excluding hydrogens is 522 g/mol. The van der Waals surface area contributed by atoms with Crippen molar-refractivity contribution in [2.45, 2.75) is 127 Å². The van der Waals surface area contributed by atoms with Gasteiger partial charge in [-0.25, -0.2) is 0 Å². The van der Waals surface area contributed by atoms with Gasteiger partial charge in [0.25, 0.3) is 0 Å². The second-order valence-corrected chi connectivity index (χ2v) is 15.5. The van der Waals surface area contributed by atoms with Crippen LogP contribution in [0, 0.1) is 46.3 Å². The van der Waals surface area contributed by atoms with Gasteiger partial charge in [-0.1, -0.05) is 32.4 Å². The van der Waals surface area contributed by atoms with E-state index in [0.29, 0.717) is 48.3 Å². The minimum absolute atomic E-state index is 0.0664. The van der Waals surface area contributed by atoms with Crippen LogP contribution in [0.25, 0.3) is 0 Å². The van der Waals surface area contributed by atoms with Gasteiger partial charge in [-0.3, -0.25) is 4.90 Å². The predicted octanol–water partition coefficient (Wildman–Crippen LogP) is 2.45. The first-order valence-electron chi connectivity index (χ1n) is 16.6. The zero-order chi connectivity index (χ0) is 28.8. The average molecular weight is 576 g/mol. The molecule has 3 heterocycles. The molecule has 0 aromatic carbocycles. The summed E-state index contributed by atoms with van der Waals surface area (Å²) >= 11 is 0. The molecule has 0 unspecified atom stereocenters. The van der Waals surface area contributed by atoms with Crippen molar-refractivity contribution in [3.8, 4) is 0 Å². The monoisotopic (exact) mass is 575 g/mol. The minimum Gasteiger partial charge on any atom is -0.396 e. The summed E-state index contributed by atoms with van der Waals surface area (Å²) < 4.78 is 11.9. The van der Waals surface area contributed by atoms with E-state index < -0.39 is 37.3 Å². The van der Waals surface area contributed by atoms with Crippen LogP contribution in [-0.2, 0) is 9.47 Å². The molecule has 0 bridgehead atoms. The molecule has 232 valence electrons. The maximum atomic E-state index is 11.1. The third kappa shape index (κ3) is 4.22. The van der Waals surface area contributed by atoms with Crippen molar-refractivity contribution in [3.63, 3.8) is 0 Å². The molecule has 5 N–H and O–H groups in total. The smallest absolute Gasteiger partial charge is 0.186 e. The Kier molecular flexibility index (Phi) is 7.47. The summed E-state index contributed by atoms with van der Waals surface area (Å²) in [5.74, 6) is 3.88. The van der Waals surface area contributed by atoms with Gasteiger partial charge in [-0.05, 0) is 98.7 Å². The summed E-state index contributed by atoms with van der Waals surface area (Å²) in [6.45, 7) is 8.50. The van der Waals surface area contributed by atoms with Crippen LogP contribution in [-0.4, -0.2) is 99.1 Å². The number of fused-ring (bicyclic) bond motifs is 9. The molecule has 0 aromatic rings. The van der Waals surface area contributed by atoms with Crippen molar-refractivity contribution < 1.29 is 35.0 Å². The number of aliphatic hydroxyl groups excluding tert-OH is 5. The third-order valence-electron chi connectivity index (χ3n) is 13.9. The Hall–Kier alpha value is -0.580. The van der Waals surface area contributed by atoms with E-state index in [1.807, 2.05) is 0 Å². The van der Waals surface area contributed by atoms with E-state index in [-0.39, 0.29) is 16.9 Å². The Morgan fingerprint density at radius 1 is 0.976 bits per heavy atom. The average Bonchev–Trinajstić information content (AvgIpc) is 3.46. The highest BCUT2D eigenvalue weighted by Crippen LogP contribution is 2.70. The van der Waals surface area contributed by atoms with E-state index in [0.717, 1.165) is 38.0 Å². The van der Waals surface area contributed by atoms with E-state index in [1.165, 1.54) is 37.8 Å². The molecule has 3 aliphatic heterocycles. The fourth-order valence-corrected chi connectivity index (χ4v) is 11.9. The van der Waals surface area contributed by atoms with Crippen LogP contribution in [0.1, 0.15) is 78.6 Å². The molecule has 7 rings (SSSR count). The fourth-order valence-electron chi connectivity index (χ4n) is 11.9. The molecule has 3 saturated carbocycles. The number of ether oxygens (including phenoxy) is 2. The quantitative estimate of drug-likeness (QED) is 0.324. The van der Waals surface area contributed by atoms with Crippen molar-refractivity contribution in [2.75, 3.05) is 19.8 Å². The maximum absolute atomic E-state index is 11.1. The van der Waals surface area contributed by atoms with Crippen LogP contribution in [0.4, 0.5) is 0 Å². The lowest BCUT2D eigenvalue weighted by atomic mass is 9.46. The molecule has 4 aliphatic carbocycles. The molecular formula is C33H53NO7. The molecule has 7 aliphatic rings. The van der Waals surface area contributed by atoms with Gasteiger partial charge in [0.1, 0.15) is 24.4 Å². The molecule has 0 aromatic heterocycles. The van der Waals surface area contributed by atoms with E-state index in [4.69, 9.17) is 9.47 Å². The molecule has 0 spiro atoms. The Labute approximate surface area is 245 Å². The zero-order valence-corrected chi connectivity index (χ0v) is 25.1. The molecule has 6 fully saturated rings. The van der Waals surface area contributed by atoms with Crippen molar-refractivity contribution in [1.29, 1.82) is 0 Å². The normalized spacial score (nSPS) is 56.7.